The molecule has 2 unspecified atom stereocenters. The van der Waals surface area contributed by atoms with Crippen molar-refractivity contribution in [3.05, 3.63) is 12.2 Å². The number of aliphatic hydroxyl groups excluding tert-OH is 1. The molecule has 0 fully saturated rings. The fourth-order valence-corrected chi connectivity index (χ4v) is 0.846. The smallest absolute Gasteiger partial charge is 0.334 e. The van der Waals surface area contributed by atoms with E-state index in [-0.39, 0.29) is 0 Å². The average Bonchev–Trinajstić information content (AvgIpc) is 1.97. The molecule has 0 rings (SSSR count). The first-order chi connectivity index (χ1) is 5.86. The summed E-state index contributed by atoms with van der Waals surface area (Å²) in [6, 6.07) is 0. The van der Waals surface area contributed by atoms with Gasteiger partial charge in [-0.05, 0) is 27.9 Å². The summed E-state index contributed by atoms with van der Waals surface area (Å²) in [5, 5.41) is 9.26. The van der Waals surface area contributed by atoms with E-state index in [4.69, 9.17) is 4.74 Å². The first-order valence-electron chi connectivity index (χ1n) is 4.07. The number of nitrogens with zero attached hydrogens (tertiary/aromatic N) is 1. The Balaban J connectivity index is 4.27. The van der Waals surface area contributed by atoms with E-state index in [1.54, 1.807) is 32.8 Å². The van der Waals surface area contributed by atoms with Gasteiger partial charge >= 0.3 is 5.97 Å². The van der Waals surface area contributed by atoms with E-state index in [9.17, 15) is 9.90 Å². The Morgan fingerprint density at radius 2 is 2.00 bits per heavy atom. The maximum Gasteiger partial charge on any atom is 0.334 e. The molecule has 0 spiro atoms. The first-order valence-corrected chi connectivity index (χ1v) is 4.07. The highest BCUT2D eigenvalue weighted by atomic mass is 16.6. The second-order valence-electron chi connectivity index (χ2n) is 3.28. The van der Waals surface area contributed by atoms with Crippen LogP contribution in [0.1, 0.15) is 13.8 Å². The molecule has 0 saturated carbocycles. The summed E-state index contributed by atoms with van der Waals surface area (Å²) in [7, 11) is 3.45. The van der Waals surface area contributed by atoms with E-state index in [0.717, 1.165) is 0 Å². The van der Waals surface area contributed by atoms with Crippen LogP contribution in [0.4, 0.5) is 0 Å². The minimum Gasteiger partial charge on any atom is -0.440 e. The Kier molecular flexibility index (Phi) is 4.66. The number of hydrogen-bond donors (Lipinski definition) is 1. The molecule has 0 heterocycles. The van der Waals surface area contributed by atoms with Crippen LogP contribution in [0.3, 0.4) is 0 Å². The molecule has 0 radical (unpaired) electrons. The van der Waals surface area contributed by atoms with Gasteiger partial charge in [0.1, 0.15) is 6.10 Å². The van der Waals surface area contributed by atoms with Crippen LogP contribution >= 0.6 is 0 Å². The van der Waals surface area contributed by atoms with Gasteiger partial charge in [0.05, 0.1) is 0 Å². The van der Waals surface area contributed by atoms with E-state index < -0.39 is 18.3 Å². The summed E-state index contributed by atoms with van der Waals surface area (Å²) in [5.74, 6) is -0.486. The maximum atomic E-state index is 11.1. The SMILES string of the molecule is C=C(C)C(=O)OC(C(C)O)N(C)C. The van der Waals surface area contributed by atoms with Gasteiger partial charge in [-0.15, -0.1) is 0 Å². The summed E-state index contributed by atoms with van der Waals surface area (Å²) in [6.45, 7) is 6.58. The van der Waals surface area contributed by atoms with Gasteiger partial charge in [0.25, 0.3) is 0 Å². The third kappa shape index (κ3) is 4.05. The van der Waals surface area contributed by atoms with Crippen molar-refractivity contribution in [3.8, 4) is 0 Å². The highest BCUT2D eigenvalue weighted by Crippen LogP contribution is 2.05. The van der Waals surface area contributed by atoms with Crippen molar-refractivity contribution in [1.29, 1.82) is 0 Å². The van der Waals surface area contributed by atoms with Crippen molar-refractivity contribution < 1.29 is 14.6 Å². The van der Waals surface area contributed by atoms with E-state index in [1.165, 1.54) is 0 Å². The fraction of sp³-hybridized carbons (Fsp3) is 0.667. The zero-order valence-corrected chi connectivity index (χ0v) is 8.57. The zero-order chi connectivity index (χ0) is 10.6. The van der Waals surface area contributed by atoms with Crippen molar-refractivity contribution in [2.24, 2.45) is 0 Å². The number of rotatable bonds is 4. The molecule has 0 bridgehead atoms. The molecule has 1 N–H and O–H groups in total. The van der Waals surface area contributed by atoms with Crippen molar-refractivity contribution in [2.75, 3.05) is 14.1 Å². The lowest BCUT2D eigenvalue weighted by atomic mass is 10.3. The molecule has 4 heteroatoms. The molecule has 0 amide bonds. The van der Waals surface area contributed by atoms with Gasteiger partial charge in [0.2, 0.25) is 0 Å². The Labute approximate surface area is 78.8 Å². The van der Waals surface area contributed by atoms with Crippen molar-refractivity contribution in [2.45, 2.75) is 26.2 Å². The molecule has 13 heavy (non-hydrogen) atoms. The van der Waals surface area contributed by atoms with Crippen molar-refractivity contribution in [3.63, 3.8) is 0 Å². The predicted octanol–water partition coefficient (Wildman–Crippen LogP) is 0.374. The summed E-state index contributed by atoms with van der Waals surface area (Å²) in [4.78, 5) is 12.7. The van der Waals surface area contributed by atoms with E-state index >= 15 is 0 Å². The molecule has 0 aliphatic rings. The molecule has 76 valence electrons. The van der Waals surface area contributed by atoms with Crippen molar-refractivity contribution >= 4 is 5.97 Å². The summed E-state index contributed by atoms with van der Waals surface area (Å²) >= 11 is 0. The molecule has 0 aromatic carbocycles. The van der Waals surface area contributed by atoms with Crippen LogP contribution in [0.5, 0.6) is 0 Å². The number of ether oxygens (including phenoxy) is 1. The maximum absolute atomic E-state index is 11.1. The molecule has 0 aromatic heterocycles. The number of likely N-dealkylation sites (N-methyl/N-ethyl adjacent to an activating group) is 1. The third-order valence-corrected chi connectivity index (χ3v) is 1.50. The van der Waals surface area contributed by atoms with Gasteiger partial charge in [-0.25, -0.2) is 4.79 Å². The Bertz CT molecular complexity index is 191. The standard InChI is InChI=1S/C9H17NO3/c1-6(2)9(12)13-8(7(3)11)10(4)5/h7-8,11H,1H2,2-5H3. The van der Waals surface area contributed by atoms with E-state index in [1.807, 2.05) is 0 Å². The van der Waals surface area contributed by atoms with Crippen LogP contribution in [-0.4, -0.2) is 42.4 Å². The minimum absolute atomic E-state index is 0.326. The number of esters is 1. The molecule has 2 atom stereocenters. The second kappa shape index (κ2) is 4.99. The van der Waals surface area contributed by atoms with Crippen LogP contribution in [0.2, 0.25) is 0 Å². The molecule has 0 aliphatic heterocycles. The number of aliphatic hydroxyl groups is 1. The molecular formula is C9H17NO3. The van der Waals surface area contributed by atoms with Crippen LogP contribution in [0.15, 0.2) is 12.2 Å². The highest BCUT2D eigenvalue weighted by molar-refractivity contribution is 5.87. The van der Waals surface area contributed by atoms with Gasteiger partial charge < -0.3 is 9.84 Å². The van der Waals surface area contributed by atoms with Crippen LogP contribution in [-0.2, 0) is 9.53 Å². The lowest BCUT2D eigenvalue weighted by molar-refractivity contribution is -0.162. The molecule has 0 saturated heterocycles. The Morgan fingerprint density at radius 3 is 2.23 bits per heavy atom. The van der Waals surface area contributed by atoms with Crippen molar-refractivity contribution in [1.82, 2.24) is 4.90 Å². The van der Waals surface area contributed by atoms with Crippen LogP contribution < -0.4 is 0 Å². The summed E-state index contributed by atoms with van der Waals surface area (Å²) in [5.41, 5.74) is 0.326. The highest BCUT2D eigenvalue weighted by Gasteiger charge is 2.21. The average molecular weight is 187 g/mol. The summed E-state index contributed by atoms with van der Waals surface area (Å²) in [6.07, 6.45) is -1.34. The Hall–Kier alpha value is -0.870. The number of carbonyl (C=O) groups excluding carboxylic acids is 1. The molecule has 4 nitrogen and oxygen atoms in total. The molecule has 0 aliphatic carbocycles. The monoisotopic (exact) mass is 187 g/mol. The zero-order valence-electron chi connectivity index (χ0n) is 8.57. The van der Waals surface area contributed by atoms with Gasteiger partial charge in [-0.1, -0.05) is 6.58 Å². The number of carbonyl (C=O) groups is 1. The van der Waals surface area contributed by atoms with Crippen LogP contribution in [0.25, 0.3) is 0 Å². The van der Waals surface area contributed by atoms with Crippen LogP contribution in [0, 0.1) is 0 Å². The molecule has 0 aromatic rings. The second-order valence-corrected chi connectivity index (χ2v) is 3.28. The Morgan fingerprint density at radius 1 is 1.54 bits per heavy atom. The number of hydrogen-bond acceptors (Lipinski definition) is 4. The van der Waals surface area contributed by atoms with Gasteiger partial charge in [0.15, 0.2) is 6.23 Å². The largest absolute Gasteiger partial charge is 0.440 e. The topological polar surface area (TPSA) is 49.8 Å². The quantitative estimate of drug-likeness (QED) is 0.392. The van der Waals surface area contributed by atoms with E-state index in [0.29, 0.717) is 5.57 Å². The lowest BCUT2D eigenvalue weighted by Crippen LogP contribution is -2.41. The normalized spacial score (nSPS) is 15.2. The van der Waals surface area contributed by atoms with Gasteiger partial charge in [0, 0.05) is 5.57 Å². The van der Waals surface area contributed by atoms with E-state index in [2.05, 4.69) is 6.58 Å². The molecular weight excluding hydrogens is 170 g/mol. The van der Waals surface area contributed by atoms with Gasteiger partial charge in [-0.2, -0.15) is 0 Å². The lowest BCUT2D eigenvalue weighted by Gasteiger charge is -2.26. The predicted molar refractivity (Wildman–Crippen MR) is 50.1 cm³/mol. The summed E-state index contributed by atoms with van der Waals surface area (Å²) < 4.78 is 4.97. The fourth-order valence-electron chi connectivity index (χ4n) is 0.846. The minimum atomic E-state index is -0.724. The third-order valence-electron chi connectivity index (χ3n) is 1.50. The van der Waals surface area contributed by atoms with Gasteiger partial charge in [-0.3, -0.25) is 4.90 Å². The first kappa shape index (κ1) is 12.1.